The molecule has 0 aliphatic heterocycles. The lowest BCUT2D eigenvalue weighted by atomic mass is 9.74. The Morgan fingerprint density at radius 3 is 2.53 bits per heavy atom. The fraction of sp³-hybridized carbons (Fsp3) is 0.938. The predicted octanol–water partition coefficient (Wildman–Crippen LogP) is 3.01. The van der Waals surface area contributed by atoms with Crippen LogP contribution in [0.5, 0.6) is 0 Å². The largest absolute Gasteiger partial charge is 0.388 e. The van der Waals surface area contributed by atoms with Crippen molar-refractivity contribution in [2.45, 2.75) is 77.2 Å². The molecule has 19 heavy (non-hydrogen) atoms. The molecule has 0 saturated heterocycles. The van der Waals surface area contributed by atoms with E-state index >= 15 is 0 Å². The second-order valence-electron chi connectivity index (χ2n) is 7.23. The Morgan fingerprint density at radius 2 is 1.89 bits per heavy atom. The van der Waals surface area contributed by atoms with Crippen LogP contribution in [0.4, 0.5) is 0 Å². The number of carbonyl (C=O) groups excluding carboxylic acids is 1. The maximum Gasteiger partial charge on any atom is 0.226 e. The quantitative estimate of drug-likeness (QED) is 0.826. The van der Waals surface area contributed by atoms with Gasteiger partial charge in [-0.3, -0.25) is 4.79 Å². The summed E-state index contributed by atoms with van der Waals surface area (Å²) in [6, 6.07) is 0. The Morgan fingerprint density at radius 1 is 1.21 bits per heavy atom. The molecule has 2 aliphatic carbocycles. The summed E-state index contributed by atoms with van der Waals surface area (Å²) in [6.07, 6.45) is 9.49. The first kappa shape index (κ1) is 14.8. The maximum absolute atomic E-state index is 12.4. The molecule has 3 nitrogen and oxygen atoms in total. The van der Waals surface area contributed by atoms with Gasteiger partial charge < -0.3 is 10.4 Å². The second kappa shape index (κ2) is 5.82. The Kier molecular flexibility index (Phi) is 4.54. The van der Waals surface area contributed by atoms with Crippen molar-refractivity contribution in [2.24, 2.45) is 11.3 Å². The van der Waals surface area contributed by atoms with Crippen LogP contribution in [0, 0.1) is 11.3 Å². The van der Waals surface area contributed by atoms with Gasteiger partial charge >= 0.3 is 0 Å². The molecule has 3 heteroatoms. The summed E-state index contributed by atoms with van der Waals surface area (Å²) in [5.74, 6) is 0.722. The van der Waals surface area contributed by atoms with Crippen LogP contribution in [0.3, 0.4) is 0 Å². The van der Waals surface area contributed by atoms with Crippen LogP contribution < -0.4 is 5.32 Å². The van der Waals surface area contributed by atoms with Gasteiger partial charge in [-0.1, -0.05) is 46.0 Å². The van der Waals surface area contributed by atoms with Crippen molar-refractivity contribution in [3.8, 4) is 0 Å². The van der Waals surface area contributed by atoms with Gasteiger partial charge in [0.25, 0.3) is 0 Å². The van der Waals surface area contributed by atoms with Crippen molar-refractivity contribution >= 4 is 5.91 Å². The van der Waals surface area contributed by atoms with Gasteiger partial charge in [-0.15, -0.1) is 0 Å². The van der Waals surface area contributed by atoms with Gasteiger partial charge in [0.15, 0.2) is 0 Å². The first-order valence-corrected chi connectivity index (χ1v) is 7.94. The van der Waals surface area contributed by atoms with Crippen LogP contribution in [-0.2, 0) is 4.79 Å². The van der Waals surface area contributed by atoms with Gasteiger partial charge in [-0.25, -0.2) is 0 Å². The molecule has 0 bridgehead atoms. The van der Waals surface area contributed by atoms with Crippen molar-refractivity contribution in [1.29, 1.82) is 0 Å². The van der Waals surface area contributed by atoms with Crippen molar-refractivity contribution in [3.05, 3.63) is 0 Å². The highest BCUT2D eigenvalue weighted by molar-refractivity contribution is 5.82. The molecule has 0 heterocycles. The fourth-order valence-electron chi connectivity index (χ4n) is 3.81. The first-order chi connectivity index (χ1) is 8.94. The molecule has 2 saturated carbocycles. The molecule has 110 valence electrons. The molecular formula is C16H29NO2. The van der Waals surface area contributed by atoms with Crippen molar-refractivity contribution in [1.82, 2.24) is 5.32 Å². The minimum absolute atomic E-state index is 0.152. The summed E-state index contributed by atoms with van der Waals surface area (Å²) in [6.45, 7) is 4.70. The lowest BCUT2D eigenvalue weighted by molar-refractivity contribution is -0.133. The van der Waals surface area contributed by atoms with E-state index in [9.17, 15) is 9.90 Å². The number of amides is 1. The minimum Gasteiger partial charge on any atom is -0.388 e. The Bertz CT molecular complexity index is 323. The molecule has 2 atom stereocenters. The highest BCUT2D eigenvalue weighted by Crippen LogP contribution is 2.36. The molecule has 2 aliphatic rings. The monoisotopic (exact) mass is 267 g/mol. The highest BCUT2D eigenvalue weighted by Gasteiger charge is 2.37. The predicted molar refractivity (Wildman–Crippen MR) is 76.8 cm³/mol. The van der Waals surface area contributed by atoms with Crippen LogP contribution in [0.2, 0.25) is 0 Å². The topological polar surface area (TPSA) is 49.3 Å². The average molecular weight is 267 g/mol. The fourth-order valence-corrected chi connectivity index (χ4v) is 3.81. The van der Waals surface area contributed by atoms with Gasteiger partial charge in [0.1, 0.15) is 0 Å². The van der Waals surface area contributed by atoms with Gasteiger partial charge in [0.05, 0.1) is 5.60 Å². The van der Waals surface area contributed by atoms with Gasteiger partial charge in [0.2, 0.25) is 5.91 Å². The van der Waals surface area contributed by atoms with Gasteiger partial charge in [-0.05, 0) is 31.6 Å². The molecule has 2 fully saturated rings. The van der Waals surface area contributed by atoms with E-state index in [1.165, 1.54) is 12.8 Å². The van der Waals surface area contributed by atoms with Crippen LogP contribution in [0.1, 0.15) is 71.6 Å². The van der Waals surface area contributed by atoms with Crippen LogP contribution in [-0.4, -0.2) is 23.2 Å². The zero-order chi connectivity index (χ0) is 13.9. The lowest BCUT2D eigenvalue weighted by Gasteiger charge is -2.38. The minimum atomic E-state index is -0.668. The summed E-state index contributed by atoms with van der Waals surface area (Å²) < 4.78 is 0. The molecular weight excluding hydrogens is 238 g/mol. The Hall–Kier alpha value is -0.570. The van der Waals surface area contributed by atoms with Crippen LogP contribution in [0.15, 0.2) is 0 Å². The third-order valence-corrected chi connectivity index (χ3v) is 5.15. The number of hydrogen-bond donors (Lipinski definition) is 2. The third kappa shape index (κ3) is 3.71. The standard InChI is InChI=1S/C16H29NO2/c1-13-7-6-10-16(19,11-13)12-17-14(18)15(2)8-4-3-5-9-15/h13,19H,3-12H2,1-2H3,(H,17,18). The number of rotatable bonds is 3. The van der Waals surface area contributed by atoms with E-state index in [2.05, 4.69) is 19.2 Å². The highest BCUT2D eigenvalue weighted by atomic mass is 16.3. The van der Waals surface area contributed by atoms with E-state index in [-0.39, 0.29) is 11.3 Å². The summed E-state index contributed by atoms with van der Waals surface area (Å²) in [5.41, 5.74) is -0.868. The molecule has 2 unspecified atom stereocenters. The summed E-state index contributed by atoms with van der Waals surface area (Å²) >= 11 is 0. The molecule has 0 aromatic heterocycles. The molecule has 0 aromatic rings. The number of carbonyl (C=O) groups is 1. The zero-order valence-electron chi connectivity index (χ0n) is 12.5. The second-order valence-corrected chi connectivity index (χ2v) is 7.23. The number of aliphatic hydroxyl groups is 1. The Balaban J connectivity index is 1.85. The van der Waals surface area contributed by atoms with E-state index in [4.69, 9.17) is 0 Å². The molecule has 0 radical (unpaired) electrons. The maximum atomic E-state index is 12.4. The molecule has 0 aromatic carbocycles. The molecule has 1 amide bonds. The van der Waals surface area contributed by atoms with Crippen molar-refractivity contribution in [2.75, 3.05) is 6.54 Å². The number of hydrogen-bond acceptors (Lipinski definition) is 2. The SMILES string of the molecule is CC1CCCC(O)(CNC(=O)C2(C)CCCCC2)C1. The van der Waals surface area contributed by atoms with Crippen molar-refractivity contribution in [3.63, 3.8) is 0 Å². The van der Waals surface area contributed by atoms with Crippen LogP contribution >= 0.6 is 0 Å². The van der Waals surface area contributed by atoms with Crippen LogP contribution in [0.25, 0.3) is 0 Å². The number of nitrogens with one attached hydrogen (secondary N) is 1. The van der Waals surface area contributed by atoms with E-state index in [1.807, 2.05) is 0 Å². The molecule has 2 N–H and O–H groups in total. The zero-order valence-corrected chi connectivity index (χ0v) is 12.5. The van der Waals surface area contributed by atoms with E-state index in [0.717, 1.165) is 44.9 Å². The third-order valence-electron chi connectivity index (χ3n) is 5.15. The lowest BCUT2D eigenvalue weighted by Crippen LogP contribution is -2.49. The summed E-state index contributed by atoms with van der Waals surface area (Å²) in [7, 11) is 0. The smallest absolute Gasteiger partial charge is 0.226 e. The van der Waals surface area contributed by atoms with Crippen molar-refractivity contribution < 1.29 is 9.90 Å². The Labute approximate surface area is 117 Å². The van der Waals surface area contributed by atoms with E-state index in [0.29, 0.717) is 12.5 Å². The van der Waals surface area contributed by atoms with Gasteiger partial charge in [0, 0.05) is 12.0 Å². The molecule has 2 rings (SSSR count). The van der Waals surface area contributed by atoms with E-state index in [1.54, 1.807) is 0 Å². The molecule has 0 spiro atoms. The summed E-state index contributed by atoms with van der Waals surface area (Å²) in [5, 5.41) is 13.6. The first-order valence-electron chi connectivity index (χ1n) is 7.94. The average Bonchev–Trinajstić information content (AvgIpc) is 2.36. The normalized spacial score (nSPS) is 34.8. The van der Waals surface area contributed by atoms with Gasteiger partial charge in [-0.2, -0.15) is 0 Å². The van der Waals surface area contributed by atoms with E-state index < -0.39 is 5.60 Å². The summed E-state index contributed by atoms with van der Waals surface area (Å²) in [4.78, 5) is 12.4.